The molecule has 0 saturated heterocycles. The van der Waals surface area contributed by atoms with Gasteiger partial charge < -0.3 is 9.84 Å². The molecule has 1 N–H and O–H groups in total. The molecule has 2 aromatic rings. The largest absolute Gasteiger partial charge is 0.478 e. The number of carbonyl (C=O) groups is 3. The molecule has 2 aromatic carbocycles. The number of aldehydes is 1. The maximum Gasteiger partial charge on any atom is 0.414 e. The van der Waals surface area contributed by atoms with Crippen LogP contribution in [0, 0.1) is 0 Å². The standard InChI is InChI=1S/C19H17NO5/c1-2-8-20(19(24)25-13-14-6-4-3-5-7-14)17-10-15(12-21)9-16(11-17)18(22)23/h2-7,9-12H,1,8,13H2,(H,22,23). The number of nitrogens with zero attached hydrogens (tertiary/aromatic N) is 1. The van der Waals surface area contributed by atoms with E-state index in [2.05, 4.69) is 6.58 Å². The van der Waals surface area contributed by atoms with E-state index in [1.807, 2.05) is 30.3 Å². The van der Waals surface area contributed by atoms with Crippen molar-refractivity contribution in [3.8, 4) is 0 Å². The highest BCUT2D eigenvalue weighted by molar-refractivity contribution is 5.95. The summed E-state index contributed by atoms with van der Waals surface area (Å²) in [6.07, 6.45) is 1.35. The van der Waals surface area contributed by atoms with Gasteiger partial charge >= 0.3 is 12.1 Å². The molecular weight excluding hydrogens is 322 g/mol. The number of carboxylic acids is 1. The normalized spacial score (nSPS) is 9.92. The molecule has 0 spiro atoms. The van der Waals surface area contributed by atoms with Gasteiger partial charge in [-0.3, -0.25) is 9.69 Å². The van der Waals surface area contributed by atoms with Crippen LogP contribution in [0.15, 0.2) is 61.2 Å². The second kappa shape index (κ2) is 8.44. The lowest BCUT2D eigenvalue weighted by Gasteiger charge is -2.21. The van der Waals surface area contributed by atoms with Crippen LogP contribution in [0.3, 0.4) is 0 Å². The molecule has 0 atom stereocenters. The van der Waals surface area contributed by atoms with Crippen molar-refractivity contribution in [2.24, 2.45) is 0 Å². The third kappa shape index (κ3) is 4.78. The highest BCUT2D eigenvalue weighted by atomic mass is 16.6. The van der Waals surface area contributed by atoms with Crippen LogP contribution in [0.1, 0.15) is 26.3 Å². The second-order valence-corrected chi connectivity index (χ2v) is 5.18. The summed E-state index contributed by atoms with van der Waals surface area (Å²) in [4.78, 5) is 35.9. The molecule has 0 heterocycles. The molecule has 0 unspecified atom stereocenters. The summed E-state index contributed by atoms with van der Waals surface area (Å²) in [6.45, 7) is 3.77. The first kappa shape index (κ1) is 17.9. The van der Waals surface area contributed by atoms with Gasteiger partial charge in [0, 0.05) is 17.8 Å². The van der Waals surface area contributed by atoms with Crippen molar-refractivity contribution in [1.29, 1.82) is 0 Å². The number of anilines is 1. The average molecular weight is 339 g/mol. The topological polar surface area (TPSA) is 83.9 Å². The van der Waals surface area contributed by atoms with Gasteiger partial charge in [-0.05, 0) is 23.8 Å². The summed E-state index contributed by atoms with van der Waals surface area (Å²) < 4.78 is 5.27. The lowest BCUT2D eigenvalue weighted by molar-refractivity contribution is 0.0696. The Labute approximate surface area is 145 Å². The van der Waals surface area contributed by atoms with E-state index in [0.29, 0.717) is 6.29 Å². The Kier molecular flexibility index (Phi) is 6.06. The number of aromatic carboxylic acids is 1. The van der Waals surface area contributed by atoms with Crippen molar-refractivity contribution in [2.75, 3.05) is 11.4 Å². The molecule has 0 radical (unpaired) electrons. The molecule has 0 aliphatic carbocycles. The van der Waals surface area contributed by atoms with Crippen molar-refractivity contribution in [3.63, 3.8) is 0 Å². The first-order valence-corrected chi connectivity index (χ1v) is 7.48. The number of amides is 1. The van der Waals surface area contributed by atoms with E-state index in [4.69, 9.17) is 9.84 Å². The highest BCUT2D eigenvalue weighted by Crippen LogP contribution is 2.20. The molecule has 6 nitrogen and oxygen atoms in total. The van der Waals surface area contributed by atoms with Gasteiger partial charge in [-0.2, -0.15) is 0 Å². The predicted octanol–water partition coefficient (Wildman–Crippen LogP) is 3.53. The summed E-state index contributed by atoms with van der Waals surface area (Å²) in [5.74, 6) is -1.19. The zero-order valence-corrected chi connectivity index (χ0v) is 13.4. The van der Waals surface area contributed by atoms with Gasteiger partial charge in [-0.25, -0.2) is 9.59 Å². The minimum Gasteiger partial charge on any atom is -0.478 e. The maximum absolute atomic E-state index is 12.4. The van der Waals surface area contributed by atoms with E-state index in [0.717, 1.165) is 5.56 Å². The Balaban J connectivity index is 2.25. The van der Waals surface area contributed by atoms with Crippen LogP contribution < -0.4 is 4.90 Å². The quantitative estimate of drug-likeness (QED) is 0.616. The van der Waals surface area contributed by atoms with Gasteiger partial charge in [0.15, 0.2) is 0 Å². The third-order valence-electron chi connectivity index (χ3n) is 3.37. The summed E-state index contributed by atoms with van der Waals surface area (Å²) >= 11 is 0. The molecule has 6 heteroatoms. The molecule has 2 rings (SSSR count). The van der Waals surface area contributed by atoms with Gasteiger partial charge in [0.25, 0.3) is 0 Å². The van der Waals surface area contributed by atoms with Crippen LogP contribution in [-0.4, -0.2) is 30.0 Å². The zero-order valence-electron chi connectivity index (χ0n) is 13.4. The van der Waals surface area contributed by atoms with Crippen LogP contribution in [0.2, 0.25) is 0 Å². The molecule has 0 fully saturated rings. The average Bonchev–Trinajstić information content (AvgIpc) is 2.64. The van der Waals surface area contributed by atoms with E-state index in [1.54, 1.807) is 0 Å². The lowest BCUT2D eigenvalue weighted by Crippen LogP contribution is -2.31. The summed E-state index contributed by atoms with van der Waals surface area (Å²) in [7, 11) is 0. The Bertz CT molecular complexity index is 786. The van der Waals surface area contributed by atoms with Crippen LogP contribution in [-0.2, 0) is 11.3 Å². The molecule has 0 aliphatic heterocycles. The molecular formula is C19H17NO5. The molecule has 128 valence electrons. The Morgan fingerprint density at radius 3 is 2.48 bits per heavy atom. The van der Waals surface area contributed by atoms with Gasteiger partial charge in [0.1, 0.15) is 12.9 Å². The summed E-state index contributed by atoms with van der Waals surface area (Å²) in [6, 6.07) is 13.1. The zero-order chi connectivity index (χ0) is 18.2. The van der Waals surface area contributed by atoms with Crippen molar-refractivity contribution >= 4 is 24.0 Å². The van der Waals surface area contributed by atoms with E-state index in [9.17, 15) is 14.4 Å². The first-order chi connectivity index (χ1) is 12.0. The number of ether oxygens (including phenoxy) is 1. The summed E-state index contributed by atoms with van der Waals surface area (Å²) in [5.41, 5.74) is 1.13. The molecule has 0 saturated carbocycles. The Morgan fingerprint density at radius 2 is 1.88 bits per heavy atom. The third-order valence-corrected chi connectivity index (χ3v) is 3.37. The van der Waals surface area contributed by atoms with Crippen LogP contribution in [0.4, 0.5) is 10.5 Å². The maximum atomic E-state index is 12.4. The predicted molar refractivity (Wildman–Crippen MR) is 93.0 cm³/mol. The number of benzene rings is 2. The molecule has 0 aromatic heterocycles. The van der Waals surface area contributed by atoms with Crippen LogP contribution >= 0.6 is 0 Å². The molecule has 1 amide bonds. The lowest BCUT2D eigenvalue weighted by atomic mass is 10.1. The van der Waals surface area contributed by atoms with E-state index >= 15 is 0 Å². The van der Waals surface area contributed by atoms with E-state index < -0.39 is 12.1 Å². The number of carbonyl (C=O) groups excluding carboxylic acids is 2. The van der Waals surface area contributed by atoms with Crippen molar-refractivity contribution in [3.05, 3.63) is 77.9 Å². The van der Waals surface area contributed by atoms with E-state index in [1.165, 1.54) is 29.2 Å². The molecule has 0 aliphatic rings. The fourth-order valence-corrected chi connectivity index (χ4v) is 2.19. The fraction of sp³-hybridized carbons (Fsp3) is 0.105. The minimum atomic E-state index is -1.19. The number of hydrogen-bond donors (Lipinski definition) is 1. The number of carboxylic acid groups (broad SMARTS) is 1. The highest BCUT2D eigenvalue weighted by Gasteiger charge is 2.19. The van der Waals surface area contributed by atoms with Crippen molar-refractivity contribution in [2.45, 2.75) is 6.61 Å². The van der Waals surface area contributed by atoms with Crippen LogP contribution in [0.25, 0.3) is 0 Å². The van der Waals surface area contributed by atoms with Crippen LogP contribution in [0.5, 0.6) is 0 Å². The summed E-state index contributed by atoms with van der Waals surface area (Å²) in [5, 5.41) is 9.16. The van der Waals surface area contributed by atoms with Crippen molar-refractivity contribution < 1.29 is 24.2 Å². The molecule has 0 bridgehead atoms. The first-order valence-electron chi connectivity index (χ1n) is 7.48. The minimum absolute atomic E-state index is 0.0759. The SMILES string of the molecule is C=CCN(C(=O)OCc1ccccc1)c1cc(C=O)cc(C(=O)O)c1. The molecule has 25 heavy (non-hydrogen) atoms. The smallest absolute Gasteiger partial charge is 0.414 e. The number of hydrogen-bond acceptors (Lipinski definition) is 4. The van der Waals surface area contributed by atoms with Crippen molar-refractivity contribution in [1.82, 2.24) is 0 Å². The van der Waals surface area contributed by atoms with Gasteiger partial charge in [-0.15, -0.1) is 6.58 Å². The Morgan fingerprint density at radius 1 is 1.16 bits per heavy atom. The number of rotatable bonds is 7. The van der Waals surface area contributed by atoms with E-state index in [-0.39, 0.29) is 30.0 Å². The fourth-order valence-electron chi connectivity index (χ4n) is 2.19. The van der Waals surface area contributed by atoms with Gasteiger partial charge in [0.05, 0.1) is 5.56 Å². The monoisotopic (exact) mass is 339 g/mol. The second-order valence-electron chi connectivity index (χ2n) is 5.18. The van der Waals surface area contributed by atoms with Gasteiger partial charge in [0.2, 0.25) is 0 Å². The Hall–Kier alpha value is -3.41. The van der Waals surface area contributed by atoms with Gasteiger partial charge in [-0.1, -0.05) is 36.4 Å².